The summed E-state index contributed by atoms with van der Waals surface area (Å²) in [6, 6.07) is 10.6. The van der Waals surface area contributed by atoms with Gasteiger partial charge in [-0.3, -0.25) is 4.79 Å². The van der Waals surface area contributed by atoms with Gasteiger partial charge in [-0.25, -0.2) is 4.79 Å². The Bertz CT molecular complexity index is 827. The van der Waals surface area contributed by atoms with Gasteiger partial charge < -0.3 is 19.5 Å². The predicted molar refractivity (Wildman–Crippen MR) is 113 cm³/mol. The fourth-order valence-corrected chi connectivity index (χ4v) is 2.69. The third-order valence-electron chi connectivity index (χ3n) is 4.18. The molecule has 1 N–H and O–H groups in total. The molecule has 2 rings (SSSR count). The van der Waals surface area contributed by atoms with Gasteiger partial charge in [0.25, 0.3) is 5.91 Å². The van der Waals surface area contributed by atoms with Crippen molar-refractivity contribution in [1.29, 1.82) is 0 Å². The van der Waals surface area contributed by atoms with Crippen LogP contribution in [0.4, 0.5) is 5.69 Å². The van der Waals surface area contributed by atoms with Crippen molar-refractivity contribution in [3.05, 3.63) is 53.1 Å². The molecule has 0 spiro atoms. The highest BCUT2D eigenvalue weighted by atomic mass is 16.5. The highest BCUT2D eigenvalue weighted by molar-refractivity contribution is 5.96. The van der Waals surface area contributed by atoms with Crippen LogP contribution in [0.1, 0.15) is 48.2 Å². The lowest BCUT2D eigenvalue weighted by Crippen LogP contribution is -2.22. The Kier molecular flexibility index (Phi) is 8.52. The Balaban J connectivity index is 2.01. The lowest BCUT2D eigenvalue weighted by atomic mass is 10.1. The standard InChI is InChI=1S/C23H29NO5/c1-5-12-27-19-11-10-18(14-20(19)28-13-6-2)23(26)29-15-21(25)24-22-16(3)8-7-9-17(22)4/h7-11,14H,5-6,12-13,15H2,1-4H3,(H,24,25). The lowest BCUT2D eigenvalue weighted by Gasteiger charge is -2.14. The summed E-state index contributed by atoms with van der Waals surface area (Å²) < 4.78 is 16.5. The zero-order valence-electron chi connectivity index (χ0n) is 17.5. The van der Waals surface area contributed by atoms with Crippen molar-refractivity contribution in [2.24, 2.45) is 0 Å². The van der Waals surface area contributed by atoms with Gasteiger partial charge in [0.05, 0.1) is 18.8 Å². The van der Waals surface area contributed by atoms with Crippen LogP contribution in [0.5, 0.6) is 11.5 Å². The van der Waals surface area contributed by atoms with Crippen LogP contribution >= 0.6 is 0 Å². The molecule has 0 aromatic heterocycles. The summed E-state index contributed by atoms with van der Waals surface area (Å²) in [6.07, 6.45) is 1.70. The van der Waals surface area contributed by atoms with E-state index in [1.807, 2.05) is 45.9 Å². The van der Waals surface area contributed by atoms with E-state index in [1.54, 1.807) is 18.2 Å². The minimum Gasteiger partial charge on any atom is -0.490 e. The quantitative estimate of drug-likeness (QED) is 0.588. The van der Waals surface area contributed by atoms with Gasteiger partial charge in [0.1, 0.15) is 0 Å². The van der Waals surface area contributed by atoms with Crippen LogP contribution in [-0.2, 0) is 9.53 Å². The monoisotopic (exact) mass is 399 g/mol. The van der Waals surface area contributed by atoms with Crippen LogP contribution in [0.3, 0.4) is 0 Å². The first kappa shape index (κ1) is 22.3. The topological polar surface area (TPSA) is 73.9 Å². The fraction of sp³-hybridized carbons (Fsp3) is 0.391. The summed E-state index contributed by atoms with van der Waals surface area (Å²) in [6.45, 7) is 8.54. The van der Waals surface area contributed by atoms with E-state index in [4.69, 9.17) is 14.2 Å². The molecule has 6 nitrogen and oxygen atoms in total. The summed E-state index contributed by atoms with van der Waals surface area (Å²) in [4.78, 5) is 24.6. The Morgan fingerprint density at radius 1 is 0.897 bits per heavy atom. The SMILES string of the molecule is CCCOc1ccc(C(=O)OCC(=O)Nc2c(C)cccc2C)cc1OCCC. The molecule has 0 fully saturated rings. The number of aryl methyl sites for hydroxylation is 2. The normalized spacial score (nSPS) is 10.3. The Labute approximate surface area is 172 Å². The number of rotatable bonds is 10. The maximum absolute atomic E-state index is 12.4. The summed E-state index contributed by atoms with van der Waals surface area (Å²) in [7, 11) is 0. The summed E-state index contributed by atoms with van der Waals surface area (Å²) in [5.74, 6) is 0.102. The molecular weight excluding hydrogens is 370 g/mol. The van der Waals surface area contributed by atoms with E-state index < -0.39 is 5.97 Å². The number of carbonyl (C=O) groups is 2. The second-order valence-electron chi connectivity index (χ2n) is 6.75. The van der Waals surface area contributed by atoms with Crippen LogP contribution < -0.4 is 14.8 Å². The van der Waals surface area contributed by atoms with E-state index in [9.17, 15) is 9.59 Å². The molecule has 0 atom stereocenters. The first-order valence-corrected chi connectivity index (χ1v) is 9.89. The molecule has 0 aliphatic rings. The Morgan fingerprint density at radius 3 is 2.14 bits per heavy atom. The molecule has 0 bridgehead atoms. The van der Waals surface area contributed by atoms with Gasteiger partial charge in [0, 0.05) is 5.69 Å². The van der Waals surface area contributed by atoms with Gasteiger partial charge in [-0.2, -0.15) is 0 Å². The number of amides is 1. The summed E-state index contributed by atoms with van der Waals surface area (Å²) in [5, 5.41) is 2.80. The van der Waals surface area contributed by atoms with Crippen molar-refractivity contribution < 1.29 is 23.8 Å². The number of ether oxygens (including phenoxy) is 3. The minimum atomic E-state index is -0.593. The Morgan fingerprint density at radius 2 is 1.52 bits per heavy atom. The van der Waals surface area contributed by atoms with Crippen LogP contribution in [0, 0.1) is 13.8 Å². The lowest BCUT2D eigenvalue weighted by molar-refractivity contribution is -0.119. The molecular formula is C23H29NO5. The van der Waals surface area contributed by atoms with Crippen molar-refractivity contribution in [2.75, 3.05) is 25.1 Å². The van der Waals surface area contributed by atoms with Gasteiger partial charge in [0.2, 0.25) is 0 Å². The van der Waals surface area contributed by atoms with E-state index in [2.05, 4.69) is 5.32 Å². The molecule has 0 heterocycles. The molecule has 2 aromatic carbocycles. The molecule has 2 aromatic rings. The van der Waals surface area contributed by atoms with E-state index in [1.165, 1.54) is 0 Å². The number of carbonyl (C=O) groups excluding carboxylic acids is 2. The predicted octanol–water partition coefficient (Wildman–Crippen LogP) is 4.68. The maximum Gasteiger partial charge on any atom is 0.338 e. The molecule has 29 heavy (non-hydrogen) atoms. The van der Waals surface area contributed by atoms with Crippen molar-refractivity contribution >= 4 is 17.6 Å². The van der Waals surface area contributed by atoms with Gasteiger partial charge in [0.15, 0.2) is 18.1 Å². The zero-order valence-corrected chi connectivity index (χ0v) is 17.5. The Hall–Kier alpha value is -3.02. The number of hydrogen-bond donors (Lipinski definition) is 1. The zero-order chi connectivity index (χ0) is 21.2. The van der Waals surface area contributed by atoms with Crippen LogP contribution in [-0.4, -0.2) is 31.7 Å². The first-order valence-electron chi connectivity index (χ1n) is 9.89. The van der Waals surface area contributed by atoms with E-state index in [0.717, 1.165) is 29.7 Å². The molecule has 0 aliphatic carbocycles. The van der Waals surface area contributed by atoms with E-state index >= 15 is 0 Å². The number of esters is 1. The van der Waals surface area contributed by atoms with Crippen LogP contribution in [0.2, 0.25) is 0 Å². The molecule has 156 valence electrons. The molecule has 0 saturated carbocycles. The average molecular weight is 399 g/mol. The van der Waals surface area contributed by atoms with Crippen LogP contribution in [0.15, 0.2) is 36.4 Å². The van der Waals surface area contributed by atoms with Crippen molar-refractivity contribution in [1.82, 2.24) is 0 Å². The van der Waals surface area contributed by atoms with Crippen molar-refractivity contribution in [3.8, 4) is 11.5 Å². The van der Waals surface area contributed by atoms with Crippen molar-refractivity contribution in [3.63, 3.8) is 0 Å². The molecule has 0 radical (unpaired) electrons. The average Bonchev–Trinajstić information content (AvgIpc) is 2.72. The van der Waals surface area contributed by atoms with Gasteiger partial charge >= 0.3 is 5.97 Å². The second kappa shape index (κ2) is 11.1. The molecule has 0 unspecified atom stereocenters. The van der Waals surface area contributed by atoms with Crippen molar-refractivity contribution in [2.45, 2.75) is 40.5 Å². The van der Waals surface area contributed by atoms with Gasteiger partial charge in [-0.15, -0.1) is 0 Å². The summed E-state index contributed by atoms with van der Waals surface area (Å²) >= 11 is 0. The van der Waals surface area contributed by atoms with Crippen LogP contribution in [0.25, 0.3) is 0 Å². The second-order valence-corrected chi connectivity index (χ2v) is 6.75. The summed E-state index contributed by atoms with van der Waals surface area (Å²) in [5.41, 5.74) is 2.94. The smallest absolute Gasteiger partial charge is 0.338 e. The van der Waals surface area contributed by atoms with Gasteiger partial charge in [-0.1, -0.05) is 32.0 Å². The highest BCUT2D eigenvalue weighted by Crippen LogP contribution is 2.29. The maximum atomic E-state index is 12.4. The minimum absolute atomic E-state index is 0.305. The number of anilines is 1. The molecule has 0 saturated heterocycles. The number of para-hydroxylation sites is 1. The van der Waals surface area contributed by atoms with E-state index in [0.29, 0.717) is 30.3 Å². The van der Waals surface area contributed by atoms with Gasteiger partial charge in [-0.05, 0) is 56.0 Å². The number of nitrogens with one attached hydrogen (secondary N) is 1. The third-order valence-corrected chi connectivity index (χ3v) is 4.18. The number of hydrogen-bond acceptors (Lipinski definition) is 5. The molecule has 1 amide bonds. The molecule has 6 heteroatoms. The number of benzene rings is 2. The molecule has 0 aliphatic heterocycles. The third kappa shape index (κ3) is 6.52. The fourth-order valence-electron chi connectivity index (χ4n) is 2.69. The highest BCUT2D eigenvalue weighted by Gasteiger charge is 2.15. The largest absolute Gasteiger partial charge is 0.490 e. The van der Waals surface area contributed by atoms with E-state index in [-0.39, 0.29) is 12.5 Å². The first-order chi connectivity index (χ1) is 14.0.